The minimum Gasteiger partial charge on any atom is -0.497 e. The number of hydrogen-bond acceptors (Lipinski definition) is 6. The van der Waals surface area contributed by atoms with Crippen molar-refractivity contribution in [1.82, 2.24) is 14.8 Å². The molecule has 30 heavy (non-hydrogen) atoms. The van der Waals surface area contributed by atoms with Crippen LogP contribution < -0.4 is 14.8 Å². The Morgan fingerprint density at radius 1 is 1.20 bits per heavy atom. The highest BCUT2D eigenvalue weighted by Gasteiger charge is 2.17. The molecule has 0 spiro atoms. The van der Waals surface area contributed by atoms with Gasteiger partial charge in [-0.15, -0.1) is 10.2 Å². The Hall–Kier alpha value is -2.22. The summed E-state index contributed by atoms with van der Waals surface area (Å²) in [6.45, 7) is 2.91. The van der Waals surface area contributed by atoms with E-state index >= 15 is 0 Å². The van der Waals surface area contributed by atoms with E-state index < -0.39 is 0 Å². The van der Waals surface area contributed by atoms with E-state index in [1.807, 2.05) is 0 Å². The van der Waals surface area contributed by atoms with Gasteiger partial charge in [0.25, 0.3) is 0 Å². The van der Waals surface area contributed by atoms with Crippen molar-refractivity contribution < 1.29 is 14.3 Å². The average Bonchev–Trinajstić information content (AvgIpc) is 3.19. The summed E-state index contributed by atoms with van der Waals surface area (Å²) in [5, 5.41) is 12.4. The number of methoxy groups -OCH3 is 2. The Morgan fingerprint density at radius 2 is 2.00 bits per heavy atom. The van der Waals surface area contributed by atoms with Crippen LogP contribution >= 0.6 is 11.8 Å². The monoisotopic (exact) mass is 432 g/mol. The molecule has 1 N–H and O–H groups in total. The molecule has 2 aromatic rings. The van der Waals surface area contributed by atoms with Gasteiger partial charge in [0.1, 0.15) is 17.3 Å². The number of aryl methyl sites for hydroxylation is 1. The number of anilines is 1. The van der Waals surface area contributed by atoms with Crippen LogP contribution in [0.25, 0.3) is 0 Å². The third-order valence-corrected chi connectivity index (χ3v) is 6.59. The molecule has 0 atom stereocenters. The van der Waals surface area contributed by atoms with Gasteiger partial charge in [0.05, 0.1) is 25.7 Å². The Labute approximate surface area is 182 Å². The zero-order chi connectivity index (χ0) is 21.3. The number of carbonyl (C=O) groups is 1. The zero-order valence-electron chi connectivity index (χ0n) is 18.1. The molecule has 1 saturated carbocycles. The lowest BCUT2D eigenvalue weighted by molar-refractivity contribution is -0.113. The summed E-state index contributed by atoms with van der Waals surface area (Å²) in [6, 6.07) is 5.31. The molecule has 1 heterocycles. The molecule has 1 aromatic carbocycles. The largest absolute Gasteiger partial charge is 0.497 e. The van der Waals surface area contributed by atoms with Gasteiger partial charge in [0, 0.05) is 19.0 Å². The summed E-state index contributed by atoms with van der Waals surface area (Å²) < 4.78 is 12.7. The second kappa shape index (κ2) is 11.2. The van der Waals surface area contributed by atoms with Crippen LogP contribution in [-0.2, 0) is 17.8 Å². The number of nitrogens with zero attached hydrogens (tertiary/aromatic N) is 3. The quantitative estimate of drug-likeness (QED) is 0.555. The number of carbonyl (C=O) groups excluding carboxylic acids is 1. The van der Waals surface area contributed by atoms with E-state index in [0.717, 1.165) is 29.9 Å². The fourth-order valence-electron chi connectivity index (χ4n) is 3.96. The first-order valence-electron chi connectivity index (χ1n) is 10.7. The van der Waals surface area contributed by atoms with Gasteiger partial charge < -0.3 is 19.4 Å². The summed E-state index contributed by atoms with van der Waals surface area (Å²) in [5.41, 5.74) is 0.619. The minimum atomic E-state index is -0.113. The van der Waals surface area contributed by atoms with Gasteiger partial charge in [0.15, 0.2) is 5.16 Å². The summed E-state index contributed by atoms with van der Waals surface area (Å²) in [6.07, 6.45) is 8.93. The Morgan fingerprint density at radius 3 is 2.70 bits per heavy atom. The number of nitrogens with one attached hydrogen (secondary N) is 1. The fraction of sp³-hybridized carbons (Fsp3) is 0.591. The topological polar surface area (TPSA) is 78.3 Å². The summed E-state index contributed by atoms with van der Waals surface area (Å²) in [4.78, 5) is 12.5. The number of benzene rings is 1. The van der Waals surface area contributed by atoms with Crippen molar-refractivity contribution in [3.05, 3.63) is 24.0 Å². The third kappa shape index (κ3) is 5.90. The second-order valence-electron chi connectivity index (χ2n) is 7.59. The van der Waals surface area contributed by atoms with Gasteiger partial charge in [-0.1, -0.05) is 43.9 Å². The molecule has 3 rings (SSSR count). The van der Waals surface area contributed by atoms with Crippen molar-refractivity contribution >= 4 is 23.4 Å². The number of ether oxygens (including phenoxy) is 2. The van der Waals surface area contributed by atoms with E-state index in [4.69, 9.17) is 9.47 Å². The molecule has 164 valence electrons. The maximum Gasteiger partial charge on any atom is 0.234 e. The summed E-state index contributed by atoms with van der Waals surface area (Å²) in [5.74, 6) is 3.24. The van der Waals surface area contributed by atoms with Gasteiger partial charge in [-0.2, -0.15) is 0 Å². The van der Waals surface area contributed by atoms with Crippen LogP contribution in [0.15, 0.2) is 23.4 Å². The van der Waals surface area contributed by atoms with E-state index in [1.54, 1.807) is 32.4 Å². The number of rotatable bonds is 10. The van der Waals surface area contributed by atoms with Crippen molar-refractivity contribution in [3.8, 4) is 11.5 Å². The molecule has 0 bridgehead atoms. The number of amides is 1. The van der Waals surface area contributed by atoms with Crippen LogP contribution in [0.2, 0.25) is 0 Å². The van der Waals surface area contributed by atoms with E-state index in [-0.39, 0.29) is 11.7 Å². The van der Waals surface area contributed by atoms with Crippen molar-refractivity contribution in [2.45, 2.75) is 63.6 Å². The molecule has 1 fully saturated rings. The fourth-order valence-corrected chi connectivity index (χ4v) is 4.78. The predicted molar refractivity (Wildman–Crippen MR) is 119 cm³/mol. The molecule has 0 radical (unpaired) electrons. The van der Waals surface area contributed by atoms with Crippen molar-refractivity contribution in [1.29, 1.82) is 0 Å². The molecule has 0 aliphatic heterocycles. The van der Waals surface area contributed by atoms with Crippen LogP contribution in [0.1, 0.15) is 51.3 Å². The SMILES string of the molecule is CCn1c(CCC2CCCCC2)nnc1SCC(=O)Nc1ccc(OC)cc1OC. The Kier molecular flexibility index (Phi) is 8.42. The minimum absolute atomic E-state index is 0.113. The first-order chi connectivity index (χ1) is 14.6. The predicted octanol–water partition coefficient (Wildman–Crippen LogP) is 4.56. The molecule has 1 aliphatic carbocycles. The number of hydrogen-bond donors (Lipinski definition) is 1. The van der Waals surface area contributed by atoms with Crippen LogP contribution in [0.4, 0.5) is 5.69 Å². The second-order valence-corrected chi connectivity index (χ2v) is 8.53. The van der Waals surface area contributed by atoms with E-state index in [9.17, 15) is 4.79 Å². The van der Waals surface area contributed by atoms with Gasteiger partial charge in [-0.05, 0) is 31.4 Å². The lowest BCUT2D eigenvalue weighted by atomic mass is 9.86. The highest BCUT2D eigenvalue weighted by atomic mass is 32.2. The van der Waals surface area contributed by atoms with Crippen molar-refractivity contribution in [3.63, 3.8) is 0 Å². The summed E-state index contributed by atoms with van der Waals surface area (Å²) in [7, 11) is 3.16. The zero-order valence-corrected chi connectivity index (χ0v) is 19.0. The lowest BCUT2D eigenvalue weighted by Crippen LogP contribution is -2.15. The number of thioether (sulfide) groups is 1. The van der Waals surface area contributed by atoms with Crippen molar-refractivity contribution in [2.24, 2.45) is 5.92 Å². The Balaban J connectivity index is 1.55. The van der Waals surface area contributed by atoms with Gasteiger partial charge in [-0.25, -0.2) is 0 Å². The molecule has 0 saturated heterocycles. The standard InChI is InChI=1S/C22H32N4O3S/c1-4-26-20(13-10-16-8-6-5-7-9-16)24-25-22(26)30-15-21(27)23-18-12-11-17(28-2)14-19(18)29-3/h11-12,14,16H,4-10,13,15H2,1-3H3,(H,23,27). The van der Waals surface area contributed by atoms with Gasteiger partial charge in [-0.3, -0.25) is 4.79 Å². The van der Waals surface area contributed by atoms with Gasteiger partial charge >= 0.3 is 0 Å². The molecule has 1 amide bonds. The lowest BCUT2D eigenvalue weighted by Gasteiger charge is -2.21. The van der Waals surface area contributed by atoms with E-state index in [0.29, 0.717) is 17.2 Å². The van der Waals surface area contributed by atoms with Crippen molar-refractivity contribution in [2.75, 3.05) is 25.3 Å². The molecule has 7 nitrogen and oxygen atoms in total. The normalized spacial score (nSPS) is 14.5. The first-order valence-corrected chi connectivity index (χ1v) is 11.7. The van der Waals surface area contributed by atoms with E-state index in [1.165, 1.54) is 50.3 Å². The van der Waals surface area contributed by atoms with Crippen LogP contribution in [0, 0.1) is 5.92 Å². The third-order valence-electron chi connectivity index (χ3n) is 5.63. The molecule has 1 aromatic heterocycles. The maximum atomic E-state index is 12.5. The molecule has 1 aliphatic rings. The molecular formula is C22H32N4O3S. The number of aromatic nitrogens is 3. The molecular weight excluding hydrogens is 400 g/mol. The molecule has 0 unspecified atom stereocenters. The highest BCUT2D eigenvalue weighted by Crippen LogP contribution is 2.30. The van der Waals surface area contributed by atoms with E-state index in [2.05, 4.69) is 27.0 Å². The molecule has 8 heteroatoms. The Bertz CT molecular complexity index is 834. The van der Waals surface area contributed by atoms with Crippen LogP contribution in [0.5, 0.6) is 11.5 Å². The maximum absolute atomic E-state index is 12.5. The highest BCUT2D eigenvalue weighted by molar-refractivity contribution is 7.99. The summed E-state index contributed by atoms with van der Waals surface area (Å²) >= 11 is 1.41. The first kappa shape index (κ1) is 22.5. The van der Waals surface area contributed by atoms with Gasteiger partial charge in [0.2, 0.25) is 5.91 Å². The van der Waals surface area contributed by atoms with Crippen LogP contribution in [-0.4, -0.2) is 40.6 Å². The average molecular weight is 433 g/mol. The smallest absolute Gasteiger partial charge is 0.234 e. The van der Waals surface area contributed by atoms with Crippen LogP contribution in [0.3, 0.4) is 0 Å².